The van der Waals surface area contributed by atoms with Gasteiger partial charge in [0.15, 0.2) is 0 Å². The van der Waals surface area contributed by atoms with Crippen LogP contribution >= 0.6 is 0 Å². The Balaban J connectivity index is 1.97. The third kappa shape index (κ3) is 1.26. The van der Waals surface area contributed by atoms with Crippen LogP contribution < -0.4 is 11.1 Å². The highest BCUT2D eigenvalue weighted by molar-refractivity contribution is 5.09. The van der Waals surface area contributed by atoms with Crippen molar-refractivity contribution in [2.75, 3.05) is 26.2 Å². The molecule has 12 heavy (non-hydrogen) atoms. The number of rotatable bonds is 2. The van der Waals surface area contributed by atoms with Gasteiger partial charge in [0.25, 0.3) is 0 Å². The fraction of sp³-hybridized carbons (Fsp3) is 1.00. The molecule has 3 heteroatoms. The minimum absolute atomic E-state index is 0.343. The van der Waals surface area contributed by atoms with Crippen LogP contribution in [0.25, 0.3) is 0 Å². The Bertz CT molecular complexity index is 157. The van der Waals surface area contributed by atoms with Crippen molar-refractivity contribution in [2.24, 2.45) is 5.73 Å². The lowest BCUT2D eigenvalue weighted by Gasteiger charge is -2.37. The number of nitrogens with one attached hydrogen (secondary N) is 1. The number of hydrogen-bond acceptors (Lipinski definition) is 3. The fourth-order valence-electron chi connectivity index (χ4n) is 2.30. The van der Waals surface area contributed by atoms with Crippen LogP contribution in [-0.2, 0) is 0 Å². The van der Waals surface area contributed by atoms with Gasteiger partial charge < -0.3 is 11.1 Å². The average Bonchev–Trinajstić information content (AvgIpc) is 2.86. The van der Waals surface area contributed by atoms with Crippen molar-refractivity contribution in [1.82, 2.24) is 10.2 Å². The van der Waals surface area contributed by atoms with Gasteiger partial charge in [-0.15, -0.1) is 0 Å². The molecule has 2 rings (SSSR count). The zero-order valence-electron chi connectivity index (χ0n) is 7.84. The van der Waals surface area contributed by atoms with Gasteiger partial charge in [0.2, 0.25) is 0 Å². The summed E-state index contributed by atoms with van der Waals surface area (Å²) in [6.07, 6.45) is 2.62. The molecule has 0 aromatic rings. The van der Waals surface area contributed by atoms with Gasteiger partial charge in [-0.1, -0.05) is 0 Å². The molecule has 1 saturated heterocycles. The summed E-state index contributed by atoms with van der Waals surface area (Å²) >= 11 is 0. The first kappa shape index (κ1) is 8.48. The molecular formula is C9H19N3. The Kier molecular flexibility index (Phi) is 2.10. The van der Waals surface area contributed by atoms with Gasteiger partial charge in [-0.25, -0.2) is 0 Å². The zero-order chi connectivity index (χ0) is 8.60. The molecule has 3 nitrogen and oxygen atoms in total. The van der Waals surface area contributed by atoms with E-state index in [4.69, 9.17) is 5.73 Å². The summed E-state index contributed by atoms with van der Waals surface area (Å²) in [7, 11) is 0. The van der Waals surface area contributed by atoms with Crippen LogP contribution in [0.3, 0.4) is 0 Å². The van der Waals surface area contributed by atoms with Crippen molar-refractivity contribution in [3.8, 4) is 0 Å². The second-order valence-corrected chi connectivity index (χ2v) is 4.13. The second kappa shape index (κ2) is 2.98. The van der Waals surface area contributed by atoms with Crippen LogP contribution in [0.5, 0.6) is 0 Å². The molecule has 1 atom stereocenters. The topological polar surface area (TPSA) is 41.3 Å². The number of hydrogen-bond donors (Lipinski definition) is 2. The first-order chi connectivity index (χ1) is 5.76. The van der Waals surface area contributed by atoms with Crippen molar-refractivity contribution in [3.63, 3.8) is 0 Å². The van der Waals surface area contributed by atoms with Crippen LogP contribution in [0, 0.1) is 0 Å². The van der Waals surface area contributed by atoms with Crippen molar-refractivity contribution < 1.29 is 0 Å². The predicted octanol–water partition coefficient (Wildman–Crippen LogP) is -0.229. The van der Waals surface area contributed by atoms with E-state index in [9.17, 15) is 0 Å². The Morgan fingerprint density at radius 1 is 1.33 bits per heavy atom. The Morgan fingerprint density at radius 2 is 1.92 bits per heavy atom. The molecule has 1 unspecified atom stereocenters. The monoisotopic (exact) mass is 169 g/mol. The molecule has 70 valence electrons. The molecule has 0 spiro atoms. The van der Waals surface area contributed by atoms with Gasteiger partial charge in [0.1, 0.15) is 0 Å². The molecule has 1 aliphatic heterocycles. The fourth-order valence-corrected chi connectivity index (χ4v) is 2.30. The molecule has 3 N–H and O–H groups in total. The third-order valence-corrected chi connectivity index (χ3v) is 3.36. The van der Waals surface area contributed by atoms with Gasteiger partial charge in [0, 0.05) is 37.8 Å². The van der Waals surface area contributed by atoms with Crippen molar-refractivity contribution >= 4 is 0 Å². The molecule has 1 aliphatic carbocycles. The minimum atomic E-state index is 0.343. The normalized spacial score (nSPS) is 31.5. The van der Waals surface area contributed by atoms with E-state index in [1.807, 2.05) is 0 Å². The molecular weight excluding hydrogens is 150 g/mol. The summed E-state index contributed by atoms with van der Waals surface area (Å²) < 4.78 is 0. The van der Waals surface area contributed by atoms with E-state index < -0.39 is 0 Å². The zero-order valence-corrected chi connectivity index (χ0v) is 7.84. The lowest BCUT2D eigenvalue weighted by Crippen LogP contribution is -2.55. The molecule has 0 aromatic heterocycles. The van der Waals surface area contributed by atoms with Gasteiger partial charge in [-0.05, 0) is 19.8 Å². The Labute approximate surface area is 74.3 Å². The number of nitrogens with two attached hydrogens (primary N) is 1. The summed E-state index contributed by atoms with van der Waals surface area (Å²) in [5.74, 6) is 0. The summed E-state index contributed by atoms with van der Waals surface area (Å²) in [6.45, 7) is 6.78. The molecule has 1 heterocycles. The van der Waals surface area contributed by atoms with Crippen molar-refractivity contribution in [2.45, 2.75) is 31.3 Å². The van der Waals surface area contributed by atoms with E-state index in [0.29, 0.717) is 11.6 Å². The second-order valence-electron chi connectivity index (χ2n) is 4.13. The van der Waals surface area contributed by atoms with E-state index in [1.165, 1.54) is 25.9 Å². The van der Waals surface area contributed by atoms with Gasteiger partial charge >= 0.3 is 0 Å². The molecule has 0 radical (unpaired) electrons. The van der Waals surface area contributed by atoms with Crippen LogP contribution in [0.2, 0.25) is 0 Å². The van der Waals surface area contributed by atoms with Crippen LogP contribution in [0.15, 0.2) is 0 Å². The van der Waals surface area contributed by atoms with Crippen LogP contribution in [0.4, 0.5) is 0 Å². The van der Waals surface area contributed by atoms with Crippen molar-refractivity contribution in [3.05, 3.63) is 0 Å². The summed E-state index contributed by atoms with van der Waals surface area (Å²) in [5.41, 5.74) is 6.39. The maximum atomic E-state index is 6.00. The third-order valence-electron chi connectivity index (χ3n) is 3.36. The van der Waals surface area contributed by atoms with Crippen LogP contribution in [-0.4, -0.2) is 42.7 Å². The maximum absolute atomic E-state index is 6.00. The quantitative estimate of drug-likeness (QED) is 0.600. The van der Waals surface area contributed by atoms with E-state index in [1.54, 1.807) is 0 Å². The van der Waals surface area contributed by atoms with Crippen molar-refractivity contribution in [1.29, 1.82) is 0 Å². The largest absolute Gasteiger partial charge is 0.326 e. The molecule has 2 aliphatic rings. The number of piperazine rings is 1. The van der Waals surface area contributed by atoms with E-state index >= 15 is 0 Å². The highest BCUT2D eigenvalue weighted by atomic mass is 15.3. The maximum Gasteiger partial charge on any atom is 0.0360 e. The Morgan fingerprint density at radius 3 is 2.33 bits per heavy atom. The lowest BCUT2D eigenvalue weighted by atomic mass is 10.1. The van der Waals surface area contributed by atoms with Gasteiger partial charge in [0.05, 0.1) is 0 Å². The molecule has 2 fully saturated rings. The first-order valence-electron chi connectivity index (χ1n) is 4.97. The summed E-state index contributed by atoms with van der Waals surface area (Å²) in [5, 5.41) is 3.37. The van der Waals surface area contributed by atoms with Gasteiger partial charge in [-0.2, -0.15) is 0 Å². The first-order valence-corrected chi connectivity index (χ1v) is 4.97. The molecule has 0 aromatic carbocycles. The highest BCUT2D eigenvalue weighted by Gasteiger charge is 2.50. The van der Waals surface area contributed by atoms with E-state index in [2.05, 4.69) is 17.1 Å². The average molecular weight is 169 g/mol. The SMILES string of the molecule is CC(N)C1(N2CCNCC2)CC1. The predicted molar refractivity (Wildman–Crippen MR) is 50.1 cm³/mol. The smallest absolute Gasteiger partial charge is 0.0360 e. The van der Waals surface area contributed by atoms with Gasteiger partial charge in [-0.3, -0.25) is 4.90 Å². The van der Waals surface area contributed by atoms with E-state index in [-0.39, 0.29) is 0 Å². The molecule has 1 saturated carbocycles. The summed E-state index contributed by atoms with van der Waals surface area (Å²) in [6, 6.07) is 0.343. The van der Waals surface area contributed by atoms with Crippen LogP contribution in [0.1, 0.15) is 19.8 Å². The molecule has 0 bridgehead atoms. The lowest BCUT2D eigenvalue weighted by molar-refractivity contribution is 0.137. The highest BCUT2D eigenvalue weighted by Crippen LogP contribution is 2.43. The number of nitrogens with zero attached hydrogens (tertiary/aromatic N) is 1. The summed E-state index contributed by atoms with van der Waals surface area (Å²) in [4.78, 5) is 2.58. The molecule has 0 amide bonds. The minimum Gasteiger partial charge on any atom is -0.326 e. The van der Waals surface area contributed by atoms with E-state index in [0.717, 1.165) is 13.1 Å². The standard InChI is InChI=1S/C9H19N3/c1-8(10)9(2-3-9)12-6-4-11-5-7-12/h8,11H,2-7,10H2,1H3. The Hall–Kier alpha value is -0.120.